The normalized spacial score (nSPS) is 16.8. The summed E-state index contributed by atoms with van der Waals surface area (Å²) < 4.78 is 86.3. The lowest BCUT2D eigenvalue weighted by atomic mass is 10.0. The van der Waals surface area contributed by atoms with Crippen LogP contribution in [-0.2, 0) is 20.4 Å². The van der Waals surface area contributed by atoms with Crippen LogP contribution in [0.1, 0.15) is 30.1 Å². The molecule has 1 aliphatic carbocycles. The highest BCUT2D eigenvalue weighted by atomic mass is 32.2. The van der Waals surface area contributed by atoms with Crippen molar-refractivity contribution in [1.29, 1.82) is 5.26 Å². The Morgan fingerprint density at radius 1 is 1.17 bits per heavy atom. The second kappa shape index (κ2) is 9.51. The molecular weight excluding hydrogens is 504 g/mol. The molecule has 0 bridgehead atoms. The van der Waals surface area contributed by atoms with Crippen molar-refractivity contribution in [3.8, 4) is 6.07 Å². The first kappa shape index (κ1) is 25.6. The molecule has 4 rings (SSSR count). The third-order valence-corrected chi connectivity index (χ3v) is 7.33. The molecule has 1 aliphatic rings. The maximum absolute atomic E-state index is 13.9. The monoisotopic (exact) mass is 524 g/mol. The Balaban J connectivity index is 1.62. The number of alkyl halides is 3. The number of nitrogens with zero attached hydrogens (tertiary/aromatic N) is 2. The number of aromatic nitrogens is 1. The number of rotatable bonds is 9. The largest absolute Gasteiger partial charge is 0.407 e. The number of carbonyl (C=O) groups excluding carboxylic acids is 1. The number of carbonyl (C=O) groups is 1. The molecule has 0 aliphatic heterocycles. The van der Waals surface area contributed by atoms with Gasteiger partial charge < -0.3 is 9.84 Å². The molecule has 2 aromatic carbocycles. The third kappa shape index (κ3) is 5.83. The summed E-state index contributed by atoms with van der Waals surface area (Å²) >= 11 is 0. The maximum atomic E-state index is 13.9. The van der Waals surface area contributed by atoms with E-state index in [4.69, 9.17) is 4.52 Å². The lowest BCUT2D eigenvalue weighted by Crippen LogP contribution is -2.54. The van der Waals surface area contributed by atoms with Gasteiger partial charge in [0.15, 0.2) is 15.4 Å². The van der Waals surface area contributed by atoms with Crippen LogP contribution in [0.15, 0.2) is 53.1 Å². The smallest absolute Gasteiger partial charge is 0.356 e. The standard InChI is InChI=1S/C23H20F4N4O4S/c24-15-7-5-14(6-8-15)20(23(25,26)27)29-18(21(32)30-22(13-28)9-10-22)12-36(33,34)11-17-16-3-1-2-4-19(16)35-31-17/h1-8,18,20,29H,9-12H2,(H,30,32)/t18-,20-/m0/s1. The van der Waals surface area contributed by atoms with Gasteiger partial charge in [0.1, 0.15) is 29.1 Å². The third-order valence-electron chi connectivity index (χ3n) is 5.77. The van der Waals surface area contributed by atoms with Crippen LogP contribution < -0.4 is 10.6 Å². The highest BCUT2D eigenvalue weighted by molar-refractivity contribution is 7.90. The molecule has 2 N–H and O–H groups in total. The quantitative estimate of drug-likeness (QED) is 0.412. The number of nitriles is 1. The topological polar surface area (TPSA) is 125 Å². The molecule has 1 amide bonds. The van der Waals surface area contributed by atoms with Crippen molar-refractivity contribution in [1.82, 2.24) is 15.8 Å². The van der Waals surface area contributed by atoms with E-state index < -0.39 is 62.4 Å². The summed E-state index contributed by atoms with van der Waals surface area (Å²) in [6, 6.07) is 7.41. The van der Waals surface area contributed by atoms with Gasteiger partial charge in [0.2, 0.25) is 5.91 Å². The number of hydrogen-bond acceptors (Lipinski definition) is 7. The first-order chi connectivity index (χ1) is 16.9. The molecule has 0 saturated heterocycles. The van der Waals surface area contributed by atoms with Crippen molar-refractivity contribution in [2.75, 3.05) is 5.75 Å². The van der Waals surface area contributed by atoms with Crippen molar-refractivity contribution in [3.63, 3.8) is 0 Å². The van der Waals surface area contributed by atoms with Gasteiger partial charge >= 0.3 is 6.18 Å². The summed E-state index contributed by atoms with van der Waals surface area (Å²) in [6.45, 7) is 0. The number of halogens is 4. The van der Waals surface area contributed by atoms with Crippen LogP contribution in [0.5, 0.6) is 0 Å². The summed E-state index contributed by atoms with van der Waals surface area (Å²) in [4.78, 5) is 12.9. The van der Waals surface area contributed by atoms with Gasteiger partial charge in [-0.3, -0.25) is 10.1 Å². The highest BCUT2D eigenvalue weighted by Gasteiger charge is 2.48. The SMILES string of the molecule is N#CC1(NC(=O)[C@H](CS(=O)(=O)Cc2noc3ccccc23)N[C@@H](c2ccc(F)cc2)C(F)(F)F)CC1. The van der Waals surface area contributed by atoms with E-state index in [2.05, 4.69) is 15.8 Å². The van der Waals surface area contributed by atoms with E-state index in [-0.39, 0.29) is 5.69 Å². The number of hydrogen-bond donors (Lipinski definition) is 2. The van der Waals surface area contributed by atoms with Gasteiger partial charge in [-0.25, -0.2) is 12.8 Å². The van der Waals surface area contributed by atoms with Crippen molar-refractivity contribution in [2.45, 2.75) is 42.4 Å². The van der Waals surface area contributed by atoms with E-state index in [1.54, 1.807) is 24.3 Å². The Bertz CT molecular complexity index is 1410. The molecular formula is C23H20F4N4O4S. The Labute approximate surface area is 203 Å². The fraction of sp³-hybridized carbons (Fsp3) is 0.348. The number of benzene rings is 2. The Morgan fingerprint density at radius 2 is 1.83 bits per heavy atom. The number of nitrogens with one attached hydrogen (secondary N) is 2. The average Bonchev–Trinajstić information content (AvgIpc) is 3.48. The minimum absolute atomic E-state index is 0.0475. The molecule has 1 saturated carbocycles. The lowest BCUT2D eigenvalue weighted by Gasteiger charge is -2.28. The first-order valence-electron chi connectivity index (χ1n) is 10.8. The molecule has 190 valence electrons. The Kier molecular flexibility index (Phi) is 6.76. The fourth-order valence-electron chi connectivity index (χ4n) is 3.71. The molecule has 3 aromatic rings. The van der Waals surface area contributed by atoms with Gasteiger partial charge in [0, 0.05) is 5.39 Å². The van der Waals surface area contributed by atoms with Gasteiger partial charge in [-0.05, 0) is 42.7 Å². The minimum Gasteiger partial charge on any atom is -0.356 e. The van der Waals surface area contributed by atoms with Gasteiger partial charge in [-0.1, -0.05) is 29.4 Å². The Hall–Kier alpha value is -3.50. The zero-order chi connectivity index (χ0) is 26.1. The average molecular weight is 524 g/mol. The predicted molar refractivity (Wildman–Crippen MR) is 119 cm³/mol. The number of amides is 1. The predicted octanol–water partition coefficient (Wildman–Crippen LogP) is 3.32. The molecule has 8 nitrogen and oxygen atoms in total. The minimum atomic E-state index is -4.95. The second-order valence-electron chi connectivity index (χ2n) is 8.61. The number of fused-ring (bicyclic) bond motifs is 1. The van der Waals surface area contributed by atoms with Gasteiger partial charge in [0.05, 0.1) is 17.6 Å². The maximum Gasteiger partial charge on any atom is 0.407 e. The van der Waals surface area contributed by atoms with Crippen LogP contribution in [0.3, 0.4) is 0 Å². The second-order valence-corrected chi connectivity index (χ2v) is 10.7. The molecule has 36 heavy (non-hydrogen) atoms. The Morgan fingerprint density at radius 3 is 2.44 bits per heavy atom. The van der Waals surface area contributed by atoms with Crippen molar-refractivity contribution >= 4 is 26.7 Å². The fourth-order valence-corrected chi connectivity index (χ4v) is 5.21. The van der Waals surface area contributed by atoms with Crippen LogP contribution in [0, 0.1) is 17.1 Å². The molecule has 1 fully saturated rings. The summed E-state index contributed by atoms with van der Waals surface area (Å²) in [5.41, 5.74) is -1.28. The molecule has 13 heteroatoms. The van der Waals surface area contributed by atoms with Gasteiger partial charge in [0.25, 0.3) is 0 Å². The van der Waals surface area contributed by atoms with Crippen molar-refractivity contribution < 1.29 is 35.3 Å². The molecule has 1 aromatic heterocycles. The molecule has 1 heterocycles. The van der Waals surface area contributed by atoms with E-state index in [0.717, 1.165) is 24.3 Å². The summed E-state index contributed by atoms with van der Waals surface area (Å²) in [5, 5.41) is 17.9. The first-order valence-corrected chi connectivity index (χ1v) is 12.6. The zero-order valence-electron chi connectivity index (χ0n) is 18.5. The molecule has 0 spiro atoms. The van der Waals surface area contributed by atoms with E-state index in [1.165, 1.54) is 0 Å². The molecule has 0 unspecified atom stereocenters. The number of para-hydroxylation sites is 1. The van der Waals surface area contributed by atoms with Gasteiger partial charge in [-0.15, -0.1) is 0 Å². The van der Waals surface area contributed by atoms with Crippen LogP contribution >= 0.6 is 0 Å². The van der Waals surface area contributed by atoms with E-state index in [1.807, 2.05) is 6.07 Å². The highest BCUT2D eigenvalue weighted by Crippen LogP contribution is 2.36. The molecule has 2 atom stereocenters. The van der Waals surface area contributed by atoms with Crippen molar-refractivity contribution in [2.24, 2.45) is 0 Å². The van der Waals surface area contributed by atoms with Gasteiger partial charge in [-0.2, -0.15) is 18.4 Å². The summed E-state index contributed by atoms with van der Waals surface area (Å²) in [5.74, 6) is -3.54. The van der Waals surface area contributed by atoms with E-state index in [9.17, 15) is 36.0 Å². The zero-order valence-corrected chi connectivity index (χ0v) is 19.4. The lowest BCUT2D eigenvalue weighted by molar-refractivity contribution is -0.160. The summed E-state index contributed by atoms with van der Waals surface area (Å²) in [6.07, 6.45) is -4.37. The van der Waals surface area contributed by atoms with Crippen LogP contribution in [-0.4, -0.2) is 43.0 Å². The summed E-state index contributed by atoms with van der Waals surface area (Å²) in [7, 11) is -4.22. The number of sulfone groups is 1. The van der Waals surface area contributed by atoms with Crippen LogP contribution in [0.4, 0.5) is 17.6 Å². The van der Waals surface area contributed by atoms with Crippen molar-refractivity contribution in [3.05, 3.63) is 65.6 Å². The van der Waals surface area contributed by atoms with E-state index in [0.29, 0.717) is 23.8 Å². The van der Waals surface area contributed by atoms with Crippen LogP contribution in [0.25, 0.3) is 11.0 Å². The van der Waals surface area contributed by atoms with Crippen LogP contribution in [0.2, 0.25) is 0 Å². The molecule has 0 radical (unpaired) electrons. The van der Waals surface area contributed by atoms with E-state index >= 15 is 0 Å².